The molecular formula is C17H18N2O2. The van der Waals surface area contributed by atoms with Gasteiger partial charge in [-0.05, 0) is 36.1 Å². The Morgan fingerprint density at radius 3 is 2.52 bits per heavy atom. The highest BCUT2D eigenvalue weighted by Gasteiger charge is 2.26. The number of hydrogen-bond acceptors (Lipinski definition) is 3. The van der Waals surface area contributed by atoms with Crippen LogP contribution in [0.5, 0.6) is 0 Å². The largest absolute Gasteiger partial charge is 0.368 e. The van der Waals surface area contributed by atoms with E-state index in [1.807, 2.05) is 42.5 Å². The van der Waals surface area contributed by atoms with E-state index in [0.29, 0.717) is 6.61 Å². The van der Waals surface area contributed by atoms with Crippen molar-refractivity contribution in [3.63, 3.8) is 0 Å². The summed E-state index contributed by atoms with van der Waals surface area (Å²) in [7, 11) is 0. The van der Waals surface area contributed by atoms with Crippen LogP contribution in [0.4, 0.5) is 0 Å². The molecule has 2 atom stereocenters. The summed E-state index contributed by atoms with van der Waals surface area (Å²) >= 11 is 0. The number of rotatable bonds is 4. The Kier molecular flexibility index (Phi) is 4.26. The highest BCUT2D eigenvalue weighted by atomic mass is 16.5. The first kappa shape index (κ1) is 13.8. The monoisotopic (exact) mass is 282 g/mol. The fraction of sp³-hybridized carbons (Fsp3) is 0.294. The average Bonchev–Trinajstić information content (AvgIpc) is 3.09. The van der Waals surface area contributed by atoms with E-state index in [0.717, 1.165) is 24.0 Å². The van der Waals surface area contributed by atoms with Crippen molar-refractivity contribution in [3.05, 3.63) is 66.0 Å². The van der Waals surface area contributed by atoms with Gasteiger partial charge in [-0.3, -0.25) is 9.78 Å². The number of carbonyl (C=O) groups is 1. The van der Waals surface area contributed by atoms with Crippen LogP contribution in [0, 0.1) is 0 Å². The molecule has 3 rings (SSSR count). The van der Waals surface area contributed by atoms with Gasteiger partial charge in [-0.25, -0.2) is 0 Å². The highest BCUT2D eigenvalue weighted by Crippen LogP contribution is 2.22. The molecule has 1 aliphatic heterocycles. The van der Waals surface area contributed by atoms with Crippen LogP contribution in [0.2, 0.25) is 0 Å². The molecule has 0 saturated carbocycles. The van der Waals surface area contributed by atoms with Gasteiger partial charge in [0.05, 0.1) is 6.04 Å². The summed E-state index contributed by atoms with van der Waals surface area (Å²) in [5, 5.41) is 3.10. The lowest BCUT2D eigenvalue weighted by molar-refractivity contribution is -0.130. The molecule has 0 bridgehead atoms. The Balaban J connectivity index is 1.84. The molecule has 1 N–H and O–H groups in total. The fourth-order valence-corrected chi connectivity index (χ4v) is 2.58. The molecule has 1 fully saturated rings. The predicted molar refractivity (Wildman–Crippen MR) is 79.6 cm³/mol. The molecule has 2 heterocycles. The molecule has 0 spiro atoms. The summed E-state index contributed by atoms with van der Waals surface area (Å²) < 4.78 is 5.46. The van der Waals surface area contributed by atoms with E-state index in [1.165, 1.54) is 0 Å². The van der Waals surface area contributed by atoms with E-state index in [9.17, 15) is 4.79 Å². The van der Waals surface area contributed by atoms with E-state index >= 15 is 0 Å². The van der Waals surface area contributed by atoms with Crippen molar-refractivity contribution in [1.29, 1.82) is 0 Å². The van der Waals surface area contributed by atoms with Gasteiger partial charge in [0.25, 0.3) is 0 Å². The van der Waals surface area contributed by atoms with Crippen LogP contribution in [0.1, 0.15) is 30.0 Å². The maximum absolute atomic E-state index is 12.4. The number of carbonyl (C=O) groups excluding carboxylic acids is 1. The summed E-state index contributed by atoms with van der Waals surface area (Å²) in [6.45, 7) is 0.670. The van der Waals surface area contributed by atoms with Crippen molar-refractivity contribution < 1.29 is 9.53 Å². The molecule has 0 aliphatic carbocycles. The number of hydrogen-bond donors (Lipinski definition) is 1. The second kappa shape index (κ2) is 6.50. The third kappa shape index (κ3) is 3.28. The van der Waals surface area contributed by atoms with E-state index in [2.05, 4.69) is 10.3 Å². The second-order valence-corrected chi connectivity index (χ2v) is 5.13. The smallest absolute Gasteiger partial charge is 0.249 e. The minimum absolute atomic E-state index is 0.0434. The van der Waals surface area contributed by atoms with Gasteiger partial charge in [0, 0.05) is 19.0 Å². The van der Waals surface area contributed by atoms with Gasteiger partial charge in [-0.2, -0.15) is 0 Å². The number of amides is 1. The Labute approximate surface area is 124 Å². The predicted octanol–water partition coefficient (Wildman–Crippen LogP) is 2.47. The molecule has 4 nitrogen and oxygen atoms in total. The molecule has 21 heavy (non-hydrogen) atoms. The van der Waals surface area contributed by atoms with Gasteiger partial charge < -0.3 is 10.1 Å². The van der Waals surface area contributed by atoms with Gasteiger partial charge in [0.1, 0.15) is 6.10 Å². The first-order valence-corrected chi connectivity index (χ1v) is 7.21. The van der Waals surface area contributed by atoms with Crippen molar-refractivity contribution >= 4 is 5.91 Å². The zero-order valence-corrected chi connectivity index (χ0v) is 11.7. The minimum Gasteiger partial charge on any atom is -0.368 e. The van der Waals surface area contributed by atoms with Gasteiger partial charge >= 0.3 is 0 Å². The Hall–Kier alpha value is -2.20. The lowest BCUT2D eigenvalue weighted by Crippen LogP contribution is -2.37. The number of pyridine rings is 1. The number of nitrogens with zero attached hydrogens (tertiary/aromatic N) is 1. The molecule has 1 aromatic heterocycles. The number of benzene rings is 1. The molecule has 2 aromatic rings. The summed E-state index contributed by atoms with van der Waals surface area (Å²) in [6, 6.07) is 13.6. The van der Waals surface area contributed by atoms with Crippen LogP contribution < -0.4 is 5.32 Å². The fourth-order valence-electron chi connectivity index (χ4n) is 2.58. The SMILES string of the molecule is O=C(N[C@@H](c1ccccc1)c1ccncc1)[C@@H]1CCCO1. The Morgan fingerprint density at radius 1 is 1.14 bits per heavy atom. The molecule has 1 amide bonds. The average molecular weight is 282 g/mol. The van der Waals surface area contributed by atoms with E-state index < -0.39 is 0 Å². The summed E-state index contributed by atoms with van der Waals surface area (Å²) in [5.74, 6) is -0.0434. The molecule has 4 heteroatoms. The molecule has 1 aliphatic rings. The van der Waals surface area contributed by atoms with Gasteiger partial charge in [-0.15, -0.1) is 0 Å². The third-order valence-electron chi connectivity index (χ3n) is 3.68. The quantitative estimate of drug-likeness (QED) is 0.937. The number of aromatic nitrogens is 1. The molecule has 0 radical (unpaired) electrons. The molecule has 1 aromatic carbocycles. The maximum atomic E-state index is 12.4. The minimum atomic E-state index is -0.321. The number of nitrogens with one attached hydrogen (secondary N) is 1. The van der Waals surface area contributed by atoms with Crippen molar-refractivity contribution in [3.8, 4) is 0 Å². The first-order chi connectivity index (χ1) is 10.3. The third-order valence-corrected chi connectivity index (χ3v) is 3.68. The molecule has 1 saturated heterocycles. The van der Waals surface area contributed by atoms with Crippen molar-refractivity contribution in [2.45, 2.75) is 25.0 Å². The van der Waals surface area contributed by atoms with E-state index in [1.54, 1.807) is 12.4 Å². The van der Waals surface area contributed by atoms with Crippen LogP contribution in [0.15, 0.2) is 54.9 Å². The van der Waals surface area contributed by atoms with E-state index in [-0.39, 0.29) is 18.1 Å². The topological polar surface area (TPSA) is 51.2 Å². The summed E-state index contributed by atoms with van der Waals surface area (Å²) in [4.78, 5) is 16.4. The Bertz CT molecular complexity index is 541. The standard InChI is InChI=1S/C17H18N2O2/c20-17(15-7-4-12-21-15)19-16(13-5-2-1-3-6-13)14-8-10-18-11-9-14/h1-3,5-6,8-11,15-16H,4,7,12H2,(H,19,20)/t15-,16-/m0/s1. The van der Waals surface area contributed by atoms with E-state index in [4.69, 9.17) is 4.74 Å². The number of ether oxygens (including phenoxy) is 1. The second-order valence-electron chi connectivity index (χ2n) is 5.13. The first-order valence-electron chi connectivity index (χ1n) is 7.21. The lowest BCUT2D eigenvalue weighted by atomic mass is 9.99. The maximum Gasteiger partial charge on any atom is 0.249 e. The molecule has 0 unspecified atom stereocenters. The van der Waals surface area contributed by atoms with Crippen LogP contribution in [0.3, 0.4) is 0 Å². The lowest BCUT2D eigenvalue weighted by Gasteiger charge is -2.21. The van der Waals surface area contributed by atoms with Gasteiger partial charge in [0.15, 0.2) is 0 Å². The summed E-state index contributed by atoms with van der Waals surface area (Å²) in [6.07, 6.45) is 4.90. The zero-order chi connectivity index (χ0) is 14.5. The highest BCUT2D eigenvalue weighted by molar-refractivity contribution is 5.81. The van der Waals surface area contributed by atoms with Crippen LogP contribution in [-0.4, -0.2) is 23.6 Å². The van der Waals surface area contributed by atoms with Crippen LogP contribution in [0.25, 0.3) is 0 Å². The molecular weight excluding hydrogens is 264 g/mol. The Morgan fingerprint density at radius 2 is 1.86 bits per heavy atom. The van der Waals surface area contributed by atoms with Gasteiger partial charge in [-0.1, -0.05) is 30.3 Å². The van der Waals surface area contributed by atoms with Gasteiger partial charge in [0.2, 0.25) is 5.91 Å². The van der Waals surface area contributed by atoms with Crippen molar-refractivity contribution in [2.24, 2.45) is 0 Å². The van der Waals surface area contributed by atoms with Crippen LogP contribution in [-0.2, 0) is 9.53 Å². The normalized spacial score (nSPS) is 19.1. The van der Waals surface area contributed by atoms with Crippen LogP contribution >= 0.6 is 0 Å². The van der Waals surface area contributed by atoms with Crippen molar-refractivity contribution in [1.82, 2.24) is 10.3 Å². The molecule has 108 valence electrons. The van der Waals surface area contributed by atoms with Crippen molar-refractivity contribution in [2.75, 3.05) is 6.61 Å². The zero-order valence-electron chi connectivity index (χ0n) is 11.7. The summed E-state index contributed by atoms with van der Waals surface area (Å²) in [5.41, 5.74) is 2.07.